The van der Waals surface area contributed by atoms with Crippen LogP contribution in [-0.4, -0.2) is 22.1 Å². The quantitative estimate of drug-likeness (QED) is 0.163. The SMILES string of the molecule is CCOC(=O)C1=C(C)N=c2s/c(=C/c3ccc(-c4cc(Cl)ccc4Cl)o3)c(=O)n2[C@H]1c1ccc(C)c([N+](=O)[O-])c1. The predicted octanol–water partition coefficient (Wildman–Crippen LogP) is 5.58. The van der Waals surface area contributed by atoms with Crippen LogP contribution in [0, 0.1) is 17.0 Å². The van der Waals surface area contributed by atoms with Crippen LogP contribution in [0.25, 0.3) is 17.4 Å². The second-order valence-corrected chi connectivity index (χ2v) is 10.8. The molecule has 0 bridgehead atoms. The van der Waals surface area contributed by atoms with E-state index in [0.29, 0.717) is 53.3 Å². The van der Waals surface area contributed by atoms with Crippen molar-refractivity contribution in [3.8, 4) is 11.3 Å². The van der Waals surface area contributed by atoms with E-state index in [1.807, 2.05) is 0 Å². The number of aryl methyl sites for hydroxylation is 1. The highest BCUT2D eigenvalue weighted by Gasteiger charge is 2.34. The third-order valence-corrected chi connectivity index (χ3v) is 7.90. The molecule has 40 heavy (non-hydrogen) atoms. The molecule has 0 aliphatic carbocycles. The van der Waals surface area contributed by atoms with E-state index in [2.05, 4.69) is 4.99 Å². The Labute approximate surface area is 241 Å². The van der Waals surface area contributed by atoms with E-state index in [-0.39, 0.29) is 17.9 Å². The lowest BCUT2D eigenvalue weighted by molar-refractivity contribution is -0.385. The van der Waals surface area contributed by atoms with E-state index < -0.39 is 22.5 Å². The zero-order chi connectivity index (χ0) is 28.7. The number of carbonyl (C=O) groups is 1. The third-order valence-electron chi connectivity index (χ3n) is 6.36. The first kappa shape index (κ1) is 27.6. The van der Waals surface area contributed by atoms with Gasteiger partial charge in [0.1, 0.15) is 11.5 Å². The van der Waals surface area contributed by atoms with Crippen LogP contribution in [0.5, 0.6) is 0 Å². The average molecular weight is 598 g/mol. The average Bonchev–Trinajstić information content (AvgIpc) is 3.49. The summed E-state index contributed by atoms with van der Waals surface area (Å²) < 4.78 is 12.9. The van der Waals surface area contributed by atoms with Gasteiger partial charge < -0.3 is 9.15 Å². The van der Waals surface area contributed by atoms with Crippen LogP contribution in [0.2, 0.25) is 10.0 Å². The Kier molecular flexibility index (Phi) is 7.50. The van der Waals surface area contributed by atoms with Gasteiger partial charge in [0, 0.05) is 28.3 Å². The maximum atomic E-state index is 13.8. The fraction of sp³-hybridized carbons (Fsp3) is 0.179. The van der Waals surface area contributed by atoms with Crippen LogP contribution < -0.4 is 14.9 Å². The minimum atomic E-state index is -0.978. The second kappa shape index (κ2) is 10.9. The van der Waals surface area contributed by atoms with Crippen molar-refractivity contribution in [2.75, 3.05) is 6.61 Å². The van der Waals surface area contributed by atoms with Crippen LogP contribution >= 0.6 is 34.5 Å². The summed E-state index contributed by atoms with van der Waals surface area (Å²) in [6, 6.07) is 12.1. The number of hydrogen-bond donors (Lipinski definition) is 0. The molecule has 0 radical (unpaired) electrons. The monoisotopic (exact) mass is 597 g/mol. The van der Waals surface area contributed by atoms with Crippen molar-refractivity contribution in [2.45, 2.75) is 26.8 Å². The normalized spacial score (nSPS) is 15.1. The largest absolute Gasteiger partial charge is 0.463 e. The summed E-state index contributed by atoms with van der Waals surface area (Å²) in [4.78, 5) is 42.9. The van der Waals surface area contributed by atoms with Gasteiger partial charge in [-0.1, -0.05) is 46.7 Å². The third kappa shape index (κ3) is 5.01. The molecule has 5 rings (SSSR count). The lowest BCUT2D eigenvalue weighted by Crippen LogP contribution is -2.40. The summed E-state index contributed by atoms with van der Waals surface area (Å²) in [6.07, 6.45) is 1.57. The fourth-order valence-electron chi connectivity index (χ4n) is 4.49. The Morgan fingerprint density at radius 2 is 1.98 bits per heavy atom. The molecule has 2 aromatic carbocycles. The van der Waals surface area contributed by atoms with Crippen molar-refractivity contribution < 1.29 is 18.9 Å². The highest BCUT2D eigenvalue weighted by Crippen LogP contribution is 2.34. The van der Waals surface area contributed by atoms with Crippen LogP contribution in [0.1, 0.15) is 36.8 Å². The first-order valence-corrected chi connectivity index (χ1v) is 13.7. The van der Waals surface area contributed by atoms with Crippen molar-refractivity contribution in [2.24, 2.45) is 4.99 Å². The van der Waals surface area contributed by atoms with Gasteiger partial charge in [0.15, 0.2) is 4.80 Å². The number of thiazole rings is 1. The number of allylic oxidation sites excluding steroid dienone is 1. The Balaban J connectivity index is 1.67. The molecule has 2 aromatic heterocycles. The van der Waals surface area contributed by atoms with Crippen molar-refractivity contribution in [3.05, 3.63) is 117 Å². The van der Waals surface area contributed by atoms with E-state index in [1.54, 1.807) is 69.3 Å². The number of nitrogens with zero attached hydrogens (tertiary/aromatic N) is 3. The molecular formula is C28H21Cl2N3O6S. The molecule has 0 spiro atoms. The molecule has 0 amide bonds. The summed E-state index contributed by atoms with van der Waals surface area (Å²) in [5.74, 6) is 0.206. The van der Waals surface area contributed by atoms with E-state index in [0.717, 1.165) is 11.3 Å². The van der Waals surface area contributed by atoms with Crippen LogP contribution in [0.3, 0.4) is 0 Å². The number of esters is 1. The second-order valence-electron chi connectivity index (χ2n) is 8.93. The Hall–Kier alpha value is -3.99. The Morgan fingerprint density at radius 3 is 2.70 bits per heavy atom. The van der Waals surface area contributed by atoms with Gasteiger partial charge in [0.2, 0.25) is 0 Å². The topological polar surface area (TPSA) is 117 Å². The molecule has 0 saturated carbocycles. The fourth-order valence-corrected chi connectivity index (χ4v) is 5.90. The van der Waals surface area contributed by atoms with Gasteiger partial charge in [-0.3, -0.25) is 19.5 Å². The van der Waals surface area contributed by atoms with Crippen LogP contribution in [0.4, 0.5) is 5.69 Å². The molecule has 1 atom stereocenters. The van der Waals surface area contributed by atoms with Gasteiger partial charge in [-0.05, 0) is 56.7 Å². The highest BCUT2D eigenvalue weighted by molar-refractivity contribution is 7.07. The maximum Gasteiger partial charge on any atom is 0.338 e. The minimum absolute atomic E-state index is 0.109. The minimum Gasteiger partial charge on any atom is -0.463 e. The molecule has 0 saturated heterocycles. The van der Waals surface area contributed by atoms with E-state index in [4.69, 9.17) is 32.4 Å². The van der Waals surface area contributed by atoms with Crippen LogP contribution in [-0.2, 0) is 9.53 Å². The number of fused-ring (bicyclic) bond motifs is 1. The number of halogens is 2. The summed E-state index contributed by atoms with van der Waals surface area (Å²) in [7, 11) is 0. The molecule has 4 aromatic rings. The molecule has 204 valence electrons. The first-order chi connectivity index (χ1) is 19.1. The van der Waals surface area contributed by atoms with Gasteiger partial charge in [0.05, 0.1) is 38.4 Å². The molecular weight excluding hydrogens is 577 g/mol. The first-order valence-electron chi connectivity index (χ1n) is 12.1. The standard InChI is InChI=1S/C28H21Cl2N3O6S/c1-4-38-27(35)24-15(3)31-28-32(25(24)16-6-5-14(2)21(11-16)33(36)37)26(34)23(40-28)13-18-8-10-22(39-18)19-12-17(29)7-9-20(19)30/h5-13,25H,4H2,1-3H3/b23-13+/t25-/m0/s1. The molecule has 12 heteroatoms. The molecule has 9 nitrogen and oxygen atoms in total. The van der Waals surface area contributed by atoms with Gasteiger partial charge in [-0.2, -0.15) is 0 Å². The predicted molar refractivity (Wildman–Crippen MR) is 152 cm³/mol. The van der Waals surface area contributed by atoms with Gasteiger partial charge in [-0.25, -0.2) is 9.79 Å². The lowest BCUT2D eigenvalue weighted by atomic mass is 9.94. The van der Waals surface area contributed by atoms with Crippen LogP contribution in [0.15, 0.2) is 74.0 Å². The summed E-state index contributed by atoms with van der Waals surface area (Å²) in [6.45, 7) is 5.04. The molecule has 3 heterocycles. The number of carbonyl (C=O) groups excluding carboxylic acids is 1. The summed E-state index contributed by atoms with van der Waals surface area (Å²) in [5.41, 5.74) is 1.37. The number of benzene rings is 2. The lowest BCUT2D eigenvalue weighted by Gasteiger charge is -2.24. The van der Waals surface area contributed by atoms with Crippen molar-refractivity contribution in [3.63, 3.8) is 0 Å². The molecule has 0 N–H and O–H groups in total. The Bertz CT molecular complexity index is 1900. The summed E-state index contributed by atoms with van der Waals surface area (Å²) >= 11 is 13.5. The number of nitro groups is 1. The molecule has 0 fully saturated rings. The number of hydrogen-bond acceptors (Lipinski definition) is 8. The molecule has 1 aliphatic rings. The highest BCUT2D eigenvalue weighted by atomic mass is 35.5. The summed E-state index contributed by atoms with van der Waals surface area (Å²) in [5, 5.41) is 12.6. The zero-order valence-corrected chi connectivity index (χ0v) is 23.8. The number of furan rings is 1. The zero-order valence-electron chi connectivity index (χ0n) is 21.4. The number of nitro benzene ring substituents is 1. The number of ether oxygens (including phenoxy) is 1. The van der Waals surface area contributed by atoms with E-state index in [9.17, 15) is 19.7 Å². The van der Waals surface area contributed by atoms with Crippen molar-refractivity contribution >= 4 is 52.3 Å². The number of aromatic nitrogens is 1. The Morgan fingerprint density at radius 1 is 1.20 bits per heavy atom. The molecule has 0 unspecified atom stereocenters. The van der Waals surface area contributed by atoms with E-state index in [1.165, 1.54) is 10.6 Å². The van der Waals surface area contributed by atoms with Crippen molar-refractivity contribution in [1.82, 2.24) is 4.57 Å². The van der Waals surface area contributed by atoms with Gasteiger partial charge in [0.25, 0.3) is 11.2 Å². The molecule has 1 aliphatic heterocycles. The van der Waals surface area contributed by atoms with E-state index >= 15 is 0 Å². The van der Waals surface area contributed by atoms with Gasteiger partial charge >= 0.3 is 5.97 Å². The maximum absolute atomic E-state index is 13.8. The van der Waals surface area contributed by atoms with Crippen molar-refractivity contribution in [1.29, 1.82) is 0 Å². The smallest absolute Gasteiger partial charge is 0.338 e. The van der Waals surface area contributed by atoms with Gasteiger partial charge in [-0.15, -0.1) is 0 Å². The number of rotatable bonds is 6.